The van der Waals surface area contributed by atoms with Crippen LogP contribution >= 0.6 is 7.92 Å². The van der Waals surface area contributed by atoms with Gasteiger partial charge < -0.3 is 14.2 Å². The van der Waals surface area contributed by atoms with Crippen molar-refractivity contribution in [1.29, 1.82) is 0 Å². The number of rotatable bonds is 5. The van der Waals surface area contributed by atoms with Gasteiger partial charge in [0.15, 0.2) is 0 Å². The van der Waals surface area contributed by atoms with Gasteiger partial charge in [0.2, 0.25) is 0 Å². The van der Waals surface area contributed by atoms with Gasteiger partial charge in [0.1, 0.15) is 23.0 Å². The second-order valence-electron chi connectivity index (χ2n) is 8.40. The minimum Gasteiger partial charge on any atom is -0.492 e. The quantitative estimate of drug-likeness (QED) is 0.379. The van der Waals surface area contributed by atoms with Crippen LogP contribution in [0.2, 0.25) is 0 Å². The minimum atomic E-state index is -0.953. The van der Waals surface area contributed by atoms with Gasteiger partial charge in [-0.3, -0.25) is 0 Å². The number of fused-ring (bicyclic) bond motifs is 2. The zero-order chi connectivity index (χ0) is 22.2. The first-order valence-electron chi connectivity index (χ1n) is 11.4. The van der Waals surface area contributed by atoms with Crippen LogP contribution in [0.5, 0.6) is 23.0 Å². The van der Waals surface area contributed by atoms with E-state index in [1.165, 1.54) is 27.0 Å². The van der Waals surface area contributed by atoms with Gasteiger partial charge in [0, 0.05) is 28.8 Å². The van der Waals surface area contributed by atoms with Gasteiger partial charge in [0.05, 0.1) is 13.2 Å². The fraction of sp³-hybridized carbons (Fsp3) is 0.172. The molecule has 3 nitrogen and oxygen atoms in total. The topological polar surface area (TPSA) is 27.7 Å². The molecule has 4 aromatic rings. The molecule has 0 saturated carbocycles. The molecule has 33 heavy (non-hydrogen) atoms. The number of hydrogen-bond donors (Lipinski definition) is 0. The molecule has 4 heteroatoms. The summed E-state index contributed by atoms with van der Waals surface area (Å²) >= 11 is 0. The molecule has 2 aliphatic heterocycles. The van der Waals surface area contributed by atoms with Crippen LogP contribution in [-0.4, -0.2) is 13.2 Å². The lowest BCUT2D eigenvalue weighted by atomic mass is 10.2. The summed E-state index contributed by atoms with van der Waals surface area (Å²) in [7, 11) is -0.953. The SMILES string of the molecule is Cc1ccccc1Oc1ccccc1P(c1cccc2c1OCC2)c1cccc2c1OCC2. The Morgan fingerprint density at radius 3 is 1.79 bits per heavy atom. The van der Waals surface area contributed by atoms with Gasteiger partial charge in [-0.05, 0) is 43.7 Å². The number of ether oxygens (including phenoxy) is 3. The zero-order valence-electron chi connectivity index (χ0n) is 18.6. The van der Waals surface area contributed by atoms with E-state index in [1.54, 1.807) is 0 Å². The van der Waals surface area contributed by atoms with Crippen LogP contribution < -0.4 is 30.1 Å². The zero-order valence-corrected chi connectivity index (χ0v) is 19.5. The smallest absolute Gasteiger partial charge is 0.135 e. The summed E-state index contributed by atoms with van der Waals surface area (Å²) < 4.78 is 18.9. The van der Waals surface area contributed by atoms with Crippen LogP contribution in [0, 0.1) is 6.92 Å². The van der Waals surface area contributed by atoms with Crippen molar-refractivity contribution in [3.05, 3.63) is 102 Å². The highest BCUT2D eigenvalue weighted by molar-refractivity contribution is 7.80. The van der Waals surface area contributed by atoms with Crippen molar-refractivity contribution in [2.24, 2.45) is 0 Å². The van der Waals surface area contributed by atoms with E-state index in [-0.39, 0.29) is 0 Å². The molecule has 2 heterocycles. The standard InChI is InChI=1S/C29H25O3P/c1-20-8-2-3-11-23(20)32-24-12-4-5-13-25(24)33(26-14-6-9-21-16-18-30-28(21)26)27-15-7-10-22-17-19-31-29(22)27/h2-15H,16-19H2,1H3. The average Bonchev–Trinajstić information content (AvgIpc) is 3.52. The third kappa shape index (κ3) is 3.67. The molecule has 0 atom stereocenters. The Morgan fingerprint density at radius 1 is 0.606 bits per heavy atom. The monoisotopic (exact) mass is 452 g/mol. The van der Waals surface area contributed by atoms with Gasteiger partial charge in [0.25, 0.3) is 0 Å². The molecule has 4 aromatic carbocycles. The Morgan fingerprint density at radius 2 is 1.15 bits per heavy atom. The highest BCUT2D eigenvalue weighted by atomic mass is 31.1. The molecule has 0 unspecified atom stereocenters. The van der Waals surface area contributed by atoms with E-state index in [0.29, 0.717) is 0 Å². The number of benzene rings is 4. The van der Waals surface area contributed by atoms with Crippen molar-refractivity contribution in [2.45, 2.75) is 19.8 Å². The molecular formula is C29H25O3P. The predicted molar refractivity (Wildman–Crippen MR) is 135 cm³/mol. The normalized spacial score (nSPS) is 13.9. The third-order valence-corrected chi connectivity index (χ3v) is 8.81. The fourth-order valence-electron chi connectivity index (χ4n) is 4.65. The van der Waals surface area contributed by atoms with Crippen molar-refractivity contribution in [3.63, 3.8) is 0 Å². The largest absolute Gasteiger partial charge is 0.492 e. The Kier molecular flexibility index (Phi) is 5.28. The summed E-state index contributed by atoms with van der Waals surface area (Å²) in [6, 6.07) is 29.7. The van der Waals surface area contributed by atoms with E-state index >= 15 is 0 Å². The molecular weight excluding hydrogens is 427 g/mol. The van der Waals surface area contributed by atoms with Crippen molar-refractivity contribution in [3.8, 4) is 23.0 Å². The molecule has 0 radical (unpaired) electrons. The molecule has 2 aliphatic rings. The Balaban J connectivity index is 1.56. The highest BCUT2D eigenvalue weighted by Gasteiger charge is 2.31. The van der Waals surface area contributed by atoms with Crippen molar-refractivity contribution in [1.82, 2.24) is 0 Å². The first-order valence-corrected chi connectivity index (χ1v) is 12.8. The highest BCUT2D eigenvalue weighted by Crippen LogP contribution is 2.46. The first-order chi connectivity index (χ1) is 16.3. The maximum Gasteiger partial charge on any atom is 0.135 e. The van der Waals surface area contributed by atoms with E-state index in [2.05, 4.69) is 67.6 Å². The summed E-state index contributed by atoms with van der Waals surface area (Å²) in [5.41, 5.74) is 3.68. The van der Waals surface area contributed by atoms with Crippen LogP contribution in [0.4, 0.5) is 0 Å². The molecule has 164 valence electrons. The van der Waals surface area contributed by atoms with Crippen LogP contribution in [0.25, 0.3) is 0 Å². The number of para-hydroxylation sites is 4. The molecule has 0 bridgehead atoms. The molecule has 0 aromatic heterocycles. The van der Waals surface area contributed by atoms with Gasteiger partial charge in [-0.1, -0.05) is 72.8 Å². The third-order valence-electron chi connectivity index (χ3n) is 6.29. The van der Waals surface area contributed by atoms with Gasteiger partial charge in [-0.2, -0.15) is 0 Å². The maximum absolute atomic E-state index is 6.54. The summed E-state index contributed by atoms with van der Waals surface area (Å²) in [6.45, 7) is 3.55. The average molecular weight is 452 g/mol. The van der Waals surface area contributed by atoms with Crippen molar-refractivity contribution in [2.75, 3.05) is 13.2 Å². The van der Waals surface area contributed by atoms with Crippen LogP contribution in [0.3, 0.4) is 0 Å². The Labute approximate surface area is 195 Å². The second kappa shape index (κ2) is 8.57. The fourth-order valence-corrected chi connectivity index (χ4v) is 7.30. The van der Waals surface area contributed by atoms with Gasteiger partial charge in [-0.15, -0.1) is 0 Å². The van der Waals surface area contributed by atoms with Crippen LogP contribution in [-0.2, 0) is 12.8 Å². The molecule has 0 aliphatic carbocycles. The molecule has 0 saturated heterocycles. The lowest BCUT2D eigenvalue weighted by Gasteiger charge is -2.25. The number of hydrogen-bond acceptors (Lipinski definition) is 3. The molecule has 0 fully saturated rings. The summed E-state index contributed by atoms with van der Waals surface area (Å²) in [5, 5.41) is 3.62. The van der Waals surface area contributed by atoms with Crippen molar-refractivity contribution >= 4 is 23.8 Å². The molecule has 6 rings (SSSR count). The van der Waals surface area contributed by atoms with Crippen molar-refractivity contribution < 1.29 is 14.2 Å². The first kappa shape index (κ1) is 20.3. The van der Waals surface area contributed by atoms with E-state index in [9.17, 15) is 0 Å². The lowest BCUT2D eigenvalue weighted by molar-refractivity contribution is 0.359. The number of aryl methyl sites for hydroxylation is 1. The van der Waals surface area contributed by atoms with Crippen LogP contribution in [0.15, 0.2) is 84.9 Å². The molecule has 0 amide bonds. The Bertz CT molecular complexity index is 1270. The molecule has 0 N–H and O–H groups in total. The van der Waals surface area contributed by atoms with Gasteiger partial charge in [-0.25, -0.2) is 0 Å². The Hall–Kier alpha value is -3.29. The predicted octanol–water partition coefficient (Wildman–Crippen LogP) is 5.42. The maximum atomic E-state index is 6.54. The molecule has 0 spiro atoms. The van der Waals surface area contributed by atoms with E-state index in [1.807, 2.05) is 24.3 Å². The van der Waals surface area contributed by atoms with E-state index in [0.717, 1.165) is 54.6 Å². The van der Waals surface area contributed by atoms with Gasteiger partial charge >= 0.3 is 0 Å². The second-order valence-corrected chi connectivity index (χ2v) is 10.5. The van der Waals surface area contributed by atoms with Crippen LogP contribution in [0.1, 0.15) is 16.7 Å². The van der Waals surface area contributed by atoms with E-state index in [4.69, 9.17) is 14.2 Å². The summed E-state index contributed by atoms with van der Waals surface area (Å²) in [6.07, 6.45) is 1.91. The summed E-state index contributed by atoms with van der Waals surface area (Å²) in [4.78, 5) is 0. The lowest BCUT2D eigenvalue weighted by Crippen LogP contribution is -2.24. The van der Waals surface area contributed by atoms with E-state index < -0.39 is 7.92 Å². The minimum absolute atomic E-state index is 0.736. The summed E-state index contributed by atoms with van der Waals surface area (Å²) in [5.74, 6) is 3.82.